The monoisotopic (exact) mass is 393 g/mol. The van der Waals surface area contributed by atoms with Gasteiger partial charge in [-0.25, -0.2) is 9.18 Å². The maximum atomic E-state index is 14.7. The number of anilines is 1. The first kappa shape index (κ1) is 19.6. The second-order valence-corrected chi connectivity index (χ2v) is 6.76. The van der Waals surface area contributed by atoms with Crippen molar-refractivity contribution in [2.75, 3.05) is 38.6 Å². The summed E-state index contributed by atoms with van der Waals surface area (Å²) < 4.78 is 22.0. The Hall–Kier alpha value is -3.14. The van der Waals surface area contributed by atoms with E-state index in [-0.39, 0.29) is 42.6 Å². The Bertz CT molecular complexity index is 1020. The minimum Gasteiger partial charge on any atom is -0.487 e. The third-order valence-corrected chi connectivity index (χ3v) is 4.60. The molecular weight excluding hydrogens is 373 g/mol. The quantitative estimate of drug-likeness (QED) is 0.642. The van der Waals surface area contributed by atoms with Gasteiger partial charge in [-0.3, -0.25) is 14.5 Å². The molecule has 1 aliphatic heterocycles. The maximum Gasteiger partial charge on any atom is 0.341 e. The fraction of sp³-hybridized carbons (Fsp3) is 0.389. The van der Waals surface area contributed by atoms with Crippen LogP contribution in [0.1, 0.15) is 23.3 Å². The van der Waals surface area contributed by atoms with Crippen molar-refractivity contribution in [3.63, 3.8) is 0 Å². The molecule has 0 amide bonds. The third kappa shape index (κ3) is 3.50. The van der Waals surface area contributed by atoms with Gasteiger partial charge in [-0.05, 0) is 20.0 Å². The Morgan fingerprint density at radius 2 is 2.14 bits per heavy atom. The number of hydrogen-bond acceptors (Lipinski definition) is 6. The molecule has 0 saturated heterocycles. The fourth-order valence-corrected chi connectivity index (χ4v) is 3.22. The maximum absolute atomic E-state index is 14.7. The van der Waals surface area contributed by atoms with Crippen molar-refractivity contribution >= 4 is 28.5 Å². The number of rotatable bonds is 7. The summed E-state index contributed by atoms with van der Waals surface area (Å²) in [7, 11) is 1.62. The zero-order chi connectivity index (χ0) is 20.6. The lowest BCUT2D eigenvalue weighted by Gasteiger charge is -2.29. The van der Waals surface area contributed by atoms with Crippen LogP contribution in [0.4, 0.5) is 10.1 Å². The average molecular weight is 393 g/mol. The van der Waals surface area contributed by atoms with E-state index in [1.807, 2.05) is 0 Å². The van der Waals surface area contributed by atoms with Crippen molar-refractivity contribution in [2.45, 2.75) is 13.0 Å². The highest BCUT2D eigenvalue weighted by Crippen LogP contribution is 2.39. The van der Waals surface area contributed by atoms with Crippen LogP contribution in [0.25, 0.3) is 10.9 Å². The molecule has 3 rings (SSSR count). The molecule has 0 saturated carbocycles. The first-order valence-electron chi connectivity index (χ1n) is 8.62. The molecule has 28 heavy (non-hydrogen) atoms. The summed E-state index contributed by atoms with van der Waals surface area (Å²) in [5.74, 6) is -2.95. The van der Waals surface area contributed by atoms with Gasteiger partial charge in [0.25, 0.3) is 0 Å². The Morgan fingerprint density at radius 3 is 2.79 bits per heavy atom. The van der Waals surface area contributed by atoms with Crippen LogP contribution in [-0.2, 0) is 4.79 Å². The summed E-state index contributed by atoms with van der Waals surface area (Å²) in [5, 5.41) is 20.9. The van der Waals surface area contributed by atoms with E-state index >= 15 is 0 Å². The third-order valence-electron chi connectivity index (χ3n) is 4.60. The molecular formula is C18H20FN3O6. The smallest absolute Gasteiger partial charge is 0.341 e. The molecule has 0 radical (unpaired) electrons. The van der Waals surface area contributed by atoms with E-state index in [0.717, 1.165) is 6.07 Å². The predicted molar refractivity (Wildman–Crippen MR) is 99.0 cm³/mol. The van der Waals surface area contributed by atoms with E-state index in [0.29, 0.717) is 12.1 Å². The summed E-state index contributed by atoms with van der Waals surface area (Å²) in [6, 6.07) is 0.767. The highest BCUT2D eigenvalue weighted by Gasteiger charge is 2.27. The van der Waals surface area contributed by atoms with Crippen molar-refractivity contribution in [2.24, 2.45) is 0 Å². The van der Waals surface area contributed by atoms with Crippen molar-refractivity contribution in [3.8, 4) is 5.75 Å². The van der Waals surface area contributed by atoms with Crippen LogP contribution in [0.3, 0.4) is 0 Å². The molecule has 2 heterocycles. The van der Waals surface area contributed by atoms with Crippen LogP contribution in [-0.4, -0.2) is 64.9 Å². The van der Waals surface area contributed by atoms with Gasteiger partial charge in [-0.15, -0.1) is 0 Å². The molecule has 2 aromatic rings. The number of benzene rings is 1. The molecule has 1 aromatic heterocycles. The first-order chi connectivity index (χ1) is 13.2. The van der Waals surface area contributed by atoms with Gasteiger partial charge in [-0.1, -0.05) is 0 Å². The van der Waals surface area contributed by atoms with Gasteiger partial charge in [-0.2, -0.15) is 0 Å². The Labute approximate surface area is 158 Å². The number of halogens is 1. The summed E-state index contributed by atoms with van der Waals surface area (Å²) in [5.41, 5.74) is -0.817. The van der Waals surface area contributed by atoms with Gasteiger partial charge >= 0.3 is 11.9 Å². The molecule has 3 N–H and O–H groups in total. The zero-order valence-electron chi connectivity index (χ0n) is 15.4. The van der Waals surface area contributed by atoms with Gasteiger partial charge in [0, 0.05) is 19.3 Å². The van der Waals surface area contributed by atoms with Crippen LogP contribution < -0.4 is 15.5 Å². The number of nitrogens with zero attached hydrogens (tertiary/aromatic N) is 2. The summed E-state index contributed by atoms with van der Waals surface area (Å²) in [4.78, 5) is 36.1. The first-order valence-corrected chi connectivity index (χ1v) is 8.62. The van der Waals surface area contributed by atoms with Crippen molar-refractivity contribution in [1.29, 1.82) is 0 Å². The standard InChI is InChI=1S/C18H20FN3O6/c1-9-8-28-17-14(20-3-4-21(2)7-13(23)24)12(19)5-10-15(17)22(9)6-11(16(10)25)18(26)27/h5-6,9,20H,3-4,7-8H2,1-2H3,(H,23,24)(H,26,27)/t9-/m0/s1. The lowest BCUT2D eigenvalue weighted by molar-refractivity contribution is -0.137. The van der Waals surface area contributed by atoms with Crippen LogP contribution in [0.15, 0.2) is 17.1 Å². The number of aromatic carboxylic acids is 1. The molecule has 0 unspecified atom stereocenters. The SMILES string of the molecule is C[C@H]1COc2c(NCCN(C)CC(=O)O)c(F)cc3c(=O)c(C(=O)O)cn1c23. The number of pyridine rings is 1. The molecule has 10 heteroatoms. The number of carboxylic acids is 2. The van der Waals surface area contributed by atoms with Crippen LogP contribution in [0, 0.1) is 5.82 Å². The lowest BCUT2D eigenvalue weighted by atomic mass is 10.1. The topological polar surface area (TPSA) is 121 Å². The number of carbonyl (C=O) groups is 2. The summed E-state index contributed by atoms with van der Waals surface area (Å²) in [6.07, 6.45) is 1.26. The number of carboxylic acid groups (broad SMARTS) is 2. The number of likely N-dealkylation sites (N-methyl/N-ethyl adjacent to an activating group) is 1. The molecule has 1 atom stereocenters. The van der Waals surface area contributed by atoms with Gasteiger partial charge in [0.2, 0.25) is 5.43 Å². The van der Waals surface area contributed by atoms with Gasteiger partial charge < -0.3 is 24.8 Å². The molecule has 150 valence electrons. The summed E-state index contributed by atoms with van der Waals surface area (Å²) in [6.45, 7) is 2.41. The number of aromatic nitrogens is 1. The normalized spacial score (nSPS) is 15.5. The lowest BCUT2D eigenvalue weighted by Crippen LogP contribution is -2.31. The fourth-order valence-electron chi connectivity index (χ4n) is 3.22. The van der Waals surface area contributed by atoms with E-state index in [2.05, 4.69) is 5.32 Å². The van der Waals surface area contributed by atoms with E-state index < -0.39 is 28.7 Å². The minimum atomic E-state index is -1.38. The second-order valence-electron chi connectivity index (χ2n) is 6.76. The molecule has 1 aliphatic rings. The van der Waals surface area contributed by atoms with Crippen molar-refractivity contribution in [3.05, 3.63) is 33.9 Å². The second kappa shape index (κ2) is 7.47. The Kier molecular flexibility index (Phi) is 5.23. The van der Waals surface area contributed by atoms with E-state index in [4.69, 9.17) is 9.84 Å². The van der Waals surface area contributed by atoms with Crippen LogP contribution in [0.2, 0.25) is 0 Å². The molecule has 0 spiro atoms. The highest BCUT2D eigenvalue weighted by molar-refractivity contribution is 5.97. The average Bonchev–Trinajstić information content (AvgIpc) is 2.60. The molecule has 0 fully saturated rings. The molecule has 0 aliphatic carbocycles. The molecule has 1 aromatic carbocycles. The van der Waals surface area contributed by atoms with Crippen LogP contribution >= 0.6 is 0 Å². The van der Waals surface area contributed by atoms with Gasteiger partial charge in [0.1, 0.15) is 17.9 Å². The molecule has 9 nitrogen and oxygen atoms in total. The van der Waals surface area contributed by atoms with Gasteiger partial charge in [0.05, 0.1) is 23.5 Å². The number of ether oxygens (including phenoxy) is 1. The van der Waals surface area contributed by atoms with Crippen LogP contribution in [0.5, 0.6) is 5.75 Å². The number of nitrogens with one attached hydrogen (secondary N) is 1. The Balaban J connectivity index is 2.04. The zero-order valence-corrected chi connectivity index (χ0v) is 15.4. The van der Waals surface area contributed by atoms with Crippen molar-refractivity contribution < 1.29 is 28.9 Å². The van der Waals surface area contributed by atoms with E-state index in [1.54, 1.807) is 23.4 Å². The van der Waals surface area contributed by atoms with E-state index in [9.17, 15) is 23.9 Å². The largest absolute Gasteiger partial charge is 0.487 e. The van der Waals surface area contributed by atoms with E-state index in [1.165, 1.54) is 6.20 Å². The van der Waals surface area contributed by atoms with Gasteiger partial charge in [0.15, 0.2) is 11.6 Å². The molecule has 0 bridgehead atoms. The Morgan fingerprint density at radius 1 is 1.43 bits per heavy atom. The number of aliphatic carboxylic acids is 1. The highest BCUT2D eigenvalue weighted by atomic mass is 19.1. The van der Waals surface area contributed by atoms with Crippen molar-refractivity contribution in [1.82, 2.24) is 9.47 Å². The minimum absolute atomic E-state index is 0.0550. The number of hydrogen-bond donors (Lipinski definition) is 3. The predicted octanol–water partition coefficient (Wildman–Crippen LogP) is 1.22. The summed E-state index contributed by atoms with van der Waals surface area (Å²) >= 11 is 0.